The molecule has 0 aliphatic rings. The molecule has 2 aromatic rings. The van der Waals surface area contributed by atoms with Crippen LogP contribution in [0.25, 0.3) is 0 Å². The summed E-state index contributed by atoms with van der Waals surface area (Å²) in [4.78, 5) is 1.89. The molecule has 2 N–H and O–H groups in total. The second-order valence-corrected chi connectivity index (χ2v) is 4.46. The van der Waals surface area contributed by atoms with Crippen molar-refractivity contribution in [3.8, 4) is 0 Å². The minimum atomic E-state index is -0.249. The zero-order chi connectivity index (χ0) is 11.5. The van der Waals surface area contributed by atoms with Crippen LogP contribution in [0.4, 0.5) is 15.2 Å². The van der Waals surface area contributed by atoms with Gasteiger partial charge in [-0.3, -0.25) is 0 Å². The minimum Gasteiger partial charge on any atom is -0.374 e. The Morgan fingerprint density at radius 3 is 2.88 bits per heavy atom. The number of hydrogen-bond donors (Lipinski definition) is 1. The molecule has 0 unspecified atom stereocenters. The highest BCUT2D eigenvalue weighted by Crippen LogP contribution is 2.18. The summed E-state index contributed by atoms with van der Waals surface area (Å²) in [5.74, 6) is -0.249. The van der Waals surface area contributed by atoms with Crippen molar-refractivity contribution in [3.63, 3.8) is 0 Å². The van der Waals surface area contributed by atoms with Crippen molar-refractivity contribution in [3.05, 3.63) is 35.1 Å². The summed E-state index contributed by atoms with van der Waals surface area (Å²) in [6.07, 6.45) is 0. The fraction of sp³-hybridized carbons (Fsp3) is 0.200. The summed E-state index contributed by atoms with van der Waals surface area (Å²) in [5, 5.41) is 8.89. The summed E-state index contributed by atoms with van der Waals surface area (Å²) >= 11 is 1.34. The topological polar surface area (TPSA) is 55.0 Å². The van der Waals surface area contributed by atoms with E-state index in [0.717, 1.165) is 10.7 Å². The van der Waals surface area contributed by atoms with Crippen LogP contribution >= 0.6 is 11.3 Å². The molecule has 0 fully saturated rings. The fourth-order valence-electron chi connectivity index (χ4n) is 1.34. The molecular weight excluding hydrogens is 227 g/mol. The Bertz CT molecular complexity index is 485. The molecule has 0 aliphatic carbocycles. The average Bonchev–Trinajstić information content (AvgIpc) is 2.64. The lowest BCUT2D eigenvalue weighted by Gasteiger charge is -2.17. The lowest BCUT2D eigenvalue weighted by atomic mass is 10.3. The van der Waals surface area contributed by atoms with Gasteiger partial charge in [-0.15, -0.1) is 10.2 Å². The maximum Gasteiger partial charge on any atom is 0.203 e. The molecule has 4 nitrogen and oxygen atoms in total. The Labute approximate surface area is 96.5 Å². The summed E-state index contributed by atoms with van der Waals surface area (Å²) in [6.45, 7) is 0.568. The molecule has 0 bridgehead atoms. The highest BCUT2D eigenvalue weighted by molar-refractivity contribution is 7.15. The predicted molar refractivity (Wildman–Crippen MR) is 62.8 cm³/mol. The van der Waals surface area contributed by atoms with Crippen molar-refractivity contribution < 1.29 is 4.39 Å². The molecule has 1 heterocycles. The minimum absolute atomic E-state index is 0.249. The van der Waals surface area contributed by atoms with Gasteiger partial charge in [0.25, 0.3) is 0 Å². The van der Waals surface area contributed by atoms with Crippen molar-refractivity contribution in [1.29, 1.82) is 0 Å². The lowest BCUT2D eigenvalue weighted by Crippen LogP contribution is -2.16. The van der Waals surface area contributed by atoms with Crippen LogP contribution in [-0.2, 0) is 6.54 Å². The van der Waals surface area contributed by atoms with Crippen LogP contribution < -0.4 is 10.6 Å². The third kappa shape index (κ3) is 2.46. The number of hydrogen-bond acceptors (Lipinski definition) is 5. The molecule has 1 aromatic carbocycles. The van der Waals surface area contributed by atoms with E-state index < -0.39 is 0 Å². The summed E-state index contributed by atoms with van der Waals surface area (Å²) in [5.41, 5.74) is 6.28. The van der Waals surface area contributed by atoms with Crippen LogP contribution in [0.1, 0.15) is 5.01 Å². The van der Waals surface area contributed by atoms with Crippen molar-refractivity contribution in [2.45, 2.75) is 6.54 Å². The van der Waals surface area contributed by atoms with Gasteiger partial charge in [0, 0.05) is 12.7 Å². The average molecular weight is 238 g/mol. The molecule has 2 rings (SSSR count). The Morgan fingerprint density at radius 1 is 1.44 bits per heavy atom. The monoisotopic (exact) mass is 238 g/mol. The van der Waals surface area contributed by atoms with E-state index >= 15 is 0 Å². The molecule has 0 amide bonds. The van der Waals surface area contributed by atoms with Gasteiger partial charge in [0.2, 0.25) is 5.13 Å². The van der Waals surface area contributed by atoms with Gasteiger partial charge in [-0.2, -0.15) is 0 Å². The van der Waals surface area contributed by atoms with Crippen molar-refractivity contribution in [2.24, 2.45) is 0 Å². The van der Waals surface area contributed by atoms with Crippen LogP contribution in [0.15, 0.2) is 24.3 Å². The van der Waals surface area contributed by atoms with Gasteiger partial charge in [-0.25, -0.2) is 4.39 Å². The third-order valence-electron chi connectivity index (χ3n) is 2.10. The number of halogens is 1. The van der Waals surface area contributed by atoms with Crippen molar-refractivity contribution in [2.75, 3.05) is 17.7 Å². The third-order valence-corrected chi connectivity index (χ3v) is 2.84. The second-order valence-electron chi connectivity index (χ2n) is 3.37. The van der Waals surface area contributed by atoms with Gasteiger partial charge in [0.05, 0.1) is 6.54 Å². The molecule has 0 saturated carbocycles. The molecule has 0 saturated heterocycles. The molecule has 84 valence electrons. The van der Waals surface area contributed by atoms with E-state index in [1.54, 1.807) is 6.07 Å². The number of benzene rings is 1. The van der Waals surface area contributed by atoms with Crippen LogP contribution in [0, 0.1) is 5.82 Å². The van der Waals surface area contributed by atoms with E-state index in [9.17, 15) is 4.39 Å². The second kappa shape index (κ2) is 4.44. The van der Waals surface area contributed by atoms with Gasteiger partial charge in [0.15, 0.2) is 0 Å². The SMILES string of the molecule is CN(Cc1nnc(N)s1)c1cccc(F)c1. The normalized spacial score (nSPS) is 10.4. The maximum atomic E-state index is 13.0. The van der Waals surface area contributed by atoms with Gasteiger partial charge >= 0.3 is 0 Å². The summed E-state index contributed by atoms with van der Waals surface area (Å²) in [7, 11) is 1.87. The lowest BCUT2D eigenvalue weighted by molar-refractivity contribution is 0.627. The first-order valence-corrected chi connectivity index (χ1v) is 5.51. The van der Waals surface area contributed by atoms with E-state index in [4.69, 9.17) is 5.73 Å². The summed E-state index contributed by atoms with van der Waals surface area (Å²) < 4.78 is 13.0. The van der Waals surface area contributed by atoms with Gasteiger partial charge in [-0.1, -0.05) is 17.4 Å². The number of nitrogens with zero attached hydrogens (tertiary/aromatic N) is 3. The number of anilines is 2. The highest BCUT2D eigenvalue weighted by Gasteiger charge is 2.06. The molecule has 6 heteroatoms. The van der Waals surface area contributed by atoms with E-state index in [0.29, 0.717) is 11.7 Å². The zero-order valence-corrected chi connectivity index (χ0v) is 9.54. The summed E-state index contributed by atoms with van der Waals surface area (Å²) in [6, 6.07) is 6.41. The Balaban J connectivity index is 2.11. The largest absolute Gasteiger partial charge is 0.374 e. The van der Waals surface area contributed by atoms with Crippen LogP contribution in [0.5, 0.6) is 0 Å². The molecule has 0 spiro atoms. The van der Waals surface area contributed by atoms with Crippen molar-refractivity contribution in [1.82, 2.24) is 10.2 Å². The first kappa shape index (κ1) is 10.8. The first-order chi connectivity index (χ1) is 7.65. The Morgan fingerprint density at radius 2 is 2.25 bits per heavy atom. The number of aromatic nitrogens is 2. The van der Waals surface area contributed by atoms with E-state index in [2.05, 4.69) is 10.2 Å². The standard InChI is InChI=1S/C10H11FN4S/c1-15(6-9-13-14-10(12)16-9)8-4-2-3-7(11)5-8/h2-5H,6H2,1H3,(H2,12,14). The molecule has 0 radical (unpaired) electrons. The quantitative estimate of drug-likeness (QED) is 0.887. The van der Waals surface area contributed by atoms with Crippen molar-refractivity contribution >= 4 is 22.2 Å². The number of nitrogens with two attached hydrogens (primary N) is 1. The van der Waals surface area contributed by atoms with Gasteiger partial charge in [0.1, 0.15) is 10.8 Å². The zero-order valence-electron chi connectivity index (χ0n) is 8.72. The number of rotatable bonds is 3. The Hall–Kier alpha value is -1.69. The van der Waals surface area contributed by atoms with E-state index in [1.807, 2.05) is 18.0 Å². The maximum absolute atomic E-state index is 13.0. The molecule has 0 aliphatic heterocycles. The Kier molecular flexibility index (Phi) is 3.00. The van der Waals surface area contributed by atoms with Crippen LogP contribution in [0.2, 0.25) is 0 Å². The first-order valence-electron chi connectivity index (χ1n) is 4.70. The van der Waals surface area contributed by atoms with Crippen LogP contribution in [0.3, 0.4) is 0 Å². The fourth-order valence-corrected chi connectivity index (χ4v) is 2.00. The number of nitrogen functional groups attached to an aromatic ring is 1. The predicted octanol–water partition coefficient (Wildman–Crippen LogP) is 1.90. The van der Waals surface area contributed by atoms with Crippen LogP contribution in [-0.4, -0.2) is 17.2 Å². The van der Waals surface area contributed by atoms with Gasteiger partial charge < -0.3 is 10.6 Å². The van der Waals surface area contributed by atoms with E-state index in [-0.39, 0.29) is 5.82 Å². The molecular formula is C10H11FN4S. The van der Waals surface area contributed by atoms with Gasteiger partial charge in [-0.05, 0) is 18.2 Å². The molecule has 0 atom stereocenters. The smallest absolute Gasteiger partial charge is 0.203 e. The van der Waals surface area contributed by atoms with E-state index in [1.165, 1.54) is 23.5 Å². The molecule has 16 heavy (non-hydrogen) atoms. The highest BCUT2D eigenvalue weighted by atomic mass is 32.1. The molecule has 1 aromatic heterocycles.